The molecule has 124 valence electrons. The highest BCUT2D eigenvalue weighted by atomic mass is 32.2. The van der Waals surface area contributed by atoms with Gasteiger partial charge in [0.1, 0.15) is 5.37 Å². The van der Waals surface area contributed by atoms with Crippen LogP contribution in [0.1, 0.15) is 46.0 Å². The molecule has 1 aliphatic carbocycles. The number of nitrogens with two attached hydrogens (primary N) is 1. The molecule has 3 unspecified atom stereocenters. The lowest BCUT2D eigenvalue weighted by atomic mass is 9.87. The molecular weight excluding hydrogens is 304 g/mol. The normalized spacial score (nSPS) is 36.3. The molecule has 3 atom stereocenters. The fourth-order valence-electron chi connectivity index (χ4n) is 3.79. The first kappa shape index (κ1) is 17.6. The van der Waals surface area contributed by atoms with Gasteiger partial charge in [-0.2, -0.15) is 11.8 Å². The largest absolute Gasteiger partial charge is 0.329 e. The van der Waals surface area contributed by atoms with E-state index in [0.717, 1.165) is 31.1 Å². The maximum atomic E-state index is 12.5. The number of thioether (sulfide) groups is 1. The predicted octanol–water partition coefficient (Wildman–Crippen LogP) is 2.09. The summed E-state index contributed by atoms with van der Waals surface area (Å²) >= 11 is 1.77. The summed E-state index contributed by atoms with van der Waals surface area (Å²) in [6.07, 6.45) is 5.68. The summed E-state index contributed by atoms with van der Waals surface area (Å²) in [6, 6.07) is 0. The van der Waals surface area contributed by atoms with Crippen molar-refractivity contribution in [2.75, 3.05) is 30.3 Å². The molecule has 0 amide bonds. The van der Waals surface area contributed by atoms with Crippen LogP contribution in [0.2, 0.25) is 0 Å². The topological polar surface area (TPSA) is 63.4 Å². The fraction of sp³-hybridized carbons (Fsp3) is 1.00. The van der Waals surface area contributed by atoms with Crippen LogP contribution in [0.4, 0.5) is 0 Å². The van der Waals surface area contributed by atoms with Gasteiger partial charge in [0, 0.05) is 35.9 Å². The lowest BCUT2D eigenvalue weighted by Crippen LogP contribution is -2.62. The standard InChI is InChI=1S/C15H30N2O2S2/c1-3-21(18,19)14-11-20-10-9-17(14)15(12-16)7-4-5-13(2)6-8-15/h13-14H,3-12,16H2,1-2H3. The van der Waals surface area contributed by atoms with E-state index in [4.69, 9.17) is 5.73 Å². The highest BCUT2D eigenvalue weighted by Gasteiger charge is 2.45. The third kappa shape index (κ3) is 3.77. The van der Waals surface area contributed by atoms with Gasteiger partial charge in [0.2, 0.25) is 0 Å². The van der Waals surface area contributed by atoms with Crippen molar-refractivity contribution in [3.05, 3.63) is 0 Å². The van der Waals surface area contributed by atoms with E-state index in [1.165, 1.54) is 19.3 Å². The summed E-state index contributed by atoms with van der Waals surface area (Å²) in [4.78, 5) is 2.28. The van der Waals surface area contributed by atoms with E-state index < -0.39 is 9.84 Å². The Morgan fingerprint density at radius 1 is 1.33 bits per heavy atom. The second-order valence-electron chi connectivity index (χ2n) is 6.64. The highest BCUT2D eigenvalue weighted by Crippen LogP contribution is 2.38. The monoisotopic (exact) mass is 334 g/mol. The summed E-state index contributed by atoms with van der Waals surface area (Å²) in [6.45, 7) is 5.51. The molecule has 1 saturated heterocycles. The van der Waals surface area contributed by atoms with Gasteiger partial charge in [-0.1, -0.05) is 26.7 Å². The van der Waals surface area contributed by atoms with Crippen molar-refractivity contribution in [3.63, 3.8) is 0 Å². The molecule has 2 N–H and O–H groups in total. The molecule has 6 heteroatoms. The quantitative estimate of drug-likeness (QED) is 0.798. The van der Waals surface area contributed by atoms with Crippen LogP contribution in [-0.4, -0.2) is 54.6 Å². The summed E-state index contributed by atoms with van der Waals surface area (Å²) in [5, 5.41) is -0.335. The van der Waals surface area contributed by atoms with Crippen molar-refractivity contribution in [3.8, 4) is 0 Å². The summed E-state index contributed by atoms with van der Waals surface area (Å²) < 4.78 is 25.0. The Morgan fingerprint density at radius 3 is 2.76 bits per heavy atom. The van der Waals surface area contributed by atoms with E-state index in [2.05, 4.69) is 11.8 Å². The molecule has 1 aliphatic heterocycles. The third-order valence-corrected chi connectivity index (χ3v) is 8.62. The van der Waals surface area contributed by atoms with E-state index in [1.807, 2.05) is 0 Å². The minimum Gasteiger partial charge on any atom is -0.329 e. The Balaban J connectivity index is 2.29. The molecule has 4 nitrogen and oxygen atoms in total. The lowest BCUT2D eigenvalue weighted by Gasteiger charge is -2.49. The number of sulfone groups is 1. The number of nitrogens with zero attached hydrogens (tertiary/aromatic N) is 1. The second kappa shape index (κ2) is 7.20. The van der Waals surface area contributed by atoms with Crippen LogP contribution in [0, 0.1) is 5.92 Å². The van der Waals surface area contributed by atoms with Crippen LogP contribution < -0.4 is 5.73 Å². The Bertz CT molecular complexity index is 441. The van der Waals surface area contributed by atoms with E-state index in [-0.39, 0.29) is 16.7 Å². The molecule has 21 heavy (non-hydrogen) atoms. The maximum Gasteiger partial charge on any atom is 0.166 e. The maximum absolute atomic E-state index is 12.5. The van der Waals surface area contributed by atoms with E-state index in [9.17, 15) is 8.42 Å². The SMILES string of the molecule is CCS(=O)(=O)C1CSCCN1C1(CN)CCCC(C)CC1. The van der Waals surface area contributed by atoms with Gasteiger partial charge in [-0.3, -0.25) is 4.90 Å². The molecule has 1 heterocycles. The average Bonchev–Trinajstić information content (AvgIpc) is 2.70. The highest BCUT2D eigenvalue weighted by molar-refractivity contribution is 8.01. The average molecular weight is 335 g/mol. The Kier molecular flexibility index (Phi) is 6.02. The zero-order valence-electron chi connectivity index (χ0n) is 13.4. The summed E-state index contributed by atoms with van der Waals surface area (Å²) in [7, 11) is -3.04. The first-order chi connectivity index (χ1) is 9.95. The third-order valence-electron chi connectivity index (χ3n) is 5.33. The van der Waals surface area contributed by atoms with E-state index in [0.29, 0.717) is 12.3 Å². The predicted molar refractivity (Wildman–Crippen MR) is 91.3 cm³/mol. The smallest absolute Gasteiger partial charge is 0.166 e. The molecule has 1 saturated carbocycles. The molecule has 0 aromatic heterocycles. The van der Waals surface area contributed by atoms with Crippen molar-refractivity contribution >= 4 is 21.6 Å². The van der Waals surface area contributed by atoms with Gasteiger partial charge in [0.15, 0.2) is 9.84 Å². The van der Waals surface area contributed by atoms with Crippen molar-refractivity contribution in [2.45, 2.75) is 56.9 Å². The molecule has 2 rings (SSSR count). The van der Waals surface area contributed by atoms with Crippen molar-refractivity contribution in [1.82, 2.24) is 4.90 Å². The van der Waals surface area contributed by atoms with Gasteiger partial charge in [-0.15, -0.1) is 0 Å². The first-order valence-corrected chi connectivity index (χ1v) is 11.1. The molecule has 0 aromatic rings. The van der Waals surface area contributed by atoms with Crippen molar-refractivity contribution in [2.24, 2.45) is 11.7 Å². The van der Waals surface area contributed by atoms with Crippen LogP contribution in [0.15, 0.2) is 0 Å². The van der Waals surface area contributed by atoms with E-state index in [1.54, 1.807) is 18.7 Å². The van der Waals surface area contributed by atoms with Crippen LogP contribution >= 0.6 is 11.8 Å². The van der Waals surface area contributed by atoms with Gasteiger partial charge >= 0.3 is 0 Å². The van der Waals surface area contributed by atoms with E-state index >= 15 is 0 Å². The number of hydrogen-bond donors (Lipinski definition) is 1. The minimum atomic E-state index is -3.04. The Hall–Kier alpha value is 0.220. The molecule has 0 spiro atoms. The van der Waals surface area contributed by atoms with Gasteiger partial charge in [0.25, 0.3) is 0 Å². The molecule has 2 aliphatic rings. The summed E-state index contributed by atoms with van der Waals surface area (Å²) in [5.41, 5.74) is 6.09. The minimum absolute atomic E-state index is 0.0986. The molecule has 0 bridgehead atoms. The van der Waals surface area contributed by atoms with Crippen molar-refractivity contribution in [1.29, 1.82) is 0 Å². The molecule has 2 fully saturated rings. The van der Waals surface area contributed by atoms with Crippen LogP contribution in [0.5, 0.6) is 0 Å². The number of rotatable bonds is 4. The first-order valence-electron chi connectivity index (χ1n) is 8.21. The second-order valence-corrected chi connectivity index (χ2v) is 10.2. The van der Waals surface area contributed by atoms with Crippen LogP contribution in [0.25, 0.3) is 0 Å². The zero-order valence-corrected chi connectivity index (χ0v) is 15.0. The Labute approximate surface area is 134 Å². The van der Waals surface area contributed by atoms with Gasteiger partial charge in [0.05, 0.1) is 0 Å². The van der Waals surface area contributed by atoms with Crippen molar-refractivity contribution < 1.29 is 8.42 Å². The molecule has 0 aromatic carbocycles. The van der Waals surface area contributed by atoms with Gasteiger partial charge in [-0.05, 0) is 25.2 Å². The van der Waals surface area contributed by atoms with Gasteiger partial charge < -0.3 is 5.73 Å². The zero-order chi connectivity index (χ0) is 15.5. The van der Waals surface area contributed by atoms with Crippen LogP contribution in [-0.2, 0) is 9.84 Å². The molecule has 0 radical (unpaired) electrons. The van der Waals surface area contributed by atoms with Crippen LogP contribution in [0.3, 0.4) is 0 Å². The fourth-order valence-corrected chi connectivity index (χ4v) is 6.88. The number of hydrogen-bond acceptors (Lipinski definition) is 5. The van der Waals surface area contributed by atoms with Gasteiger partial charge in [-0.25, -0.2) is 8.42 Å². The Morgan fingerprint density at radius 2 is 2.10 bits per heavy atom. The lowest BCUT2D eigenvalue weighted by molar-refractivity contribution is 0.0728. The summed E-state index contributed by atoms with van der Waals surface area (Å²) in [5.74, 6) is 2.69. The molecular formula is C15H30N2O2S2.